The van der Waals surface area contributed by atoms with Crippen LogP contribution in [0, 0.1) is 0 Å². The van der Waals surface area contributed by atoms with Crippen molar-refractivity contribution in [3.8, 4) is 5.75 Å². The van der Waals surface area contributed by atoms with Gasteiger partial charge in [-0.3, -0.25) is 0 Å². The number of hydrogen-bond acceptors (Lipinski definition) is 2. The number of rotatable bonds is 4. The summed E-state index contributed by atoms with van der Waals surface area (Å²) in [6, 6.07) is 3.74. The fourth-order valence-electron chi connectivity index (χ4n) is 1.80. The third-order valence-corrected chi connectivity index (χ3v) is 2.48. The summed E-state index contributed by atoms with van der Waals surface area (Å²) in [6.07, 6.45) is 8.90. The summed E-state index contributed by atoms with van der Waals surface area (Å²) >= 11 is 0. The summed E-state index contributed by atoms with van der Waals surface area (Å²) in [5, 5.41) is 8.82. The smallest absolute Gasteiger partial charge is 0.168 e. The monoisotopic (exact) mass is 218 g/mol. The highest BCUT2D eigenvalue weighted by Crippen LogP contribution is 2.28. The molecule has 0 saturated heterocycles. The van der Waals surface area contributed by atoms with Crippen molar-refractivity contribution in [2.75, 3.05) is 0 Å². The Morgan fingerprint density at radius 2 is 1.88 bits per heavy atom. The van der Waals surface area contributed by atoms with Gasteiger partial charge in [0, 0.05) is 5.56 Å². The van der Waals surface area contributed by atoms with E-state index in [0.29, 0.717) is 5.75 Å². The van der Waals surface area contributed by atoms with Crippen molar-refractivity contribution in [3.63, 3.8) is 0 Å². The highest BCUT2D eigenvalue weighted by molar-refractivity contribution is 5.70. The Hall–Kier alpha value is -1.54. The minimum absolute atomic E-state index is 0.531. The maximum Gasteiger partial charge on any atom is 0.168 e. The zero-order valence-electron chi connectivity index (χ0n) is 10.0. The minimum Gasteiger partial charge on any atom is -0.340 e. The van der Waals surface area contributed by atoms with Crippen LogP contribution in [0.25, 0.3) is 12.2 Å². The molecule has 0 amide bonds. The summed E-state index contributed by atoms with van der Waals surface area (Å²) in [5.41, 5.74) is 3.27. The molecule has 1 aromatic carbocycles. The fraction of sp³-hybridized carbons (Fsp3) is 0.286. The first kappa shape index (κ1) is 12.5. The standard InChI is InChI=1S/C14H18O2/c1-4-7-11-9-10-14(16-15)12(6-3)13(11)8-5-2/h4-5,7-10,15H,6H2,1-3H3/b7-4-,8-5-. The topological polar surface area (TPSA) is 29.5 Å². The molecule has 0 atom stereocenters. The van der Waals surface area contributed by atoms with Gasteiger partial charge in [-0.05, 0) is 37.5 Å². The van der Waals surface area contributed by atoms with Crippen molar-refractivity contribution in [2.45, 2.75) is 27.2 Å². The zero-order valence-corrected chi connectivity index (χ0v) is 10.0. The van der Waals surface area contributed by atoms with Gasteiger partial charge in [-0.1, -0.05) is 37.3 Å². The average molecular weight is 218 g/mol. The van der Waals surface area contributed by atoms with E-state index in [0.717, 1.165) is 23.1 Å². The lowest BCUT2D eigenvalue weighted by molar-refractivity contribution is -0.138. The van der Waals surface area contributed by atoms with Gasteiger partial charge in [-0.25, -0.2) is 5.26 Å². The lowest BCUT2D eigenvalue weighted by atomic mass is 9.97. The molecular weight excluding hydrogens is 200 g/mol. The second kappa shape index (κ2) is 6.13. The van der Waals surface area contributed by atoms with Crippen LogP contribution >= 0.6 is 0 Å². The predicted molar refractivity (Wildman–Crippen MR) is 68.5 cm³/mol. The van der Waals surface area contributed by atoms with E-state index in [1.54, 1.807) is 6.07 Å². The van der Waals surface area contributed by atoms with Crippen LogP contribution in [0.5, 0.6) is 5.75 Å². The Morgan fingerprint density at radius 3 is 2.38 bits per heavy atom. The molecule has 0 aliphatic carbocycles. The molecule has 1 rings (SSSR count). The van der Waals surface area contributed by atoms with E-state index in [1.165, 1.54) is 0 Å². The number of benzene rings is 1. The van der Waals surface area contributed by atoms with Crippen LogP contribution in [-0.2, 0) is 6.42 Å². The molecule has 0 aliphatic heterocycles. The number of hydrogen-bond donors (Lipinski definition) is 1. The molecule has 2 heteroatoms. The molecule has 2 nitrogen and oxygen atoms in total. The molecule has 0 spiro atoms. The van der Waals surface area contributed by atoms with E-state index < -0.39 is 0 Å². The second-order valence-corrected chi connectivity index (χ2v) is 3.49. The van der Waals surface area contributed by atoms with Crippen molar-refractivity contribution in [1.29, 1.82) is 0 Å². The van der Waals surface area contributed by atoms with Gasteiger partial charge < -0.3 is 4.89 Å². The lowest BCUT2D eigenvalue weighted by Crippen LogP contribution is -1.96. The quantitative estimate of drug-likeness (QED) is 0.607. The summed E-state index contributed by atoms with van der Waals surface area (Å²) in [6.45, 7) is 6.01. The molecule has 0 radical (unpaired) electrons. The van der Waals surface area contributed by atoms with Gasteiger partial charge in [-0.15, -0.1) is 0 Å². The van der Waals surface area contributed by atoms with Crippen LogP contribution in [0.1, 0.15) is 37.5 Å². The molecule has 1 N–H and O–H groups in total. The maximum atomic E-state index is 8.82. The van der Waals surface area contributed by atoms with Crippen LogP contribution in [0.2, 0.25) is 0 Å². The van der Waals surface area contributed by atoms with Gasteiger partial charge in [0.05, 0.1) is 0 Å². The molecule has 0 bridgehead atoms. The van der Waals surface area contributed by atoms with Gasteiger partial charge in [0.1, 0.15) is 0 Å². The zero-order chi connectivity index (χ0) is 12.0. The molecule has 1 aromatic rings. The Labute approximate surface area is 96.8 Å². The molecule has 0 fully saturated rings. The average Bonchev–Trinajstić information content (AvgIpc) is 2.31. The van der Waals surface area contributed by atoms with E-state index in [2.05, 4.69) is 11.0 Å². The molecule has 0 unspecified atom stereocenters. The van der Waals surface area contributed by atoms with E-state index in [-0.39, 0.29) is 0 Å². The van der Waals surface area contributed by atoms with Gasteiger partial charge in [0.15, 0.2) is 5.75 Å². The first-order valence-electron chi connectivity index (χ1n) is 5.51. The van der Waals surface area contributed by atoms with Crippen LogP contribution in [0.4, 0.5) is 0 Å². The SMILES string of the molecule is C/C=C\c1ccc(OO)c(CC)c1/C=C\C. The third-order valence-electron chi connectivity index (χ3n) is 2.48. The summed E-state index contributed by atoms with van der Waals surface area (Å²) in [7, 11) is 0. The minimum atomic E-state index is 0.531. The van der Waals surface area contributed by atoms with E-state index in [4.69, 9.17) is 5.26 Å². The van der Waals surface area contributed by atoms with Crippen molar-refractivity contribution in [2.24, 2.45) is 0 Å². The highest BCUT2D eigenvalue weighted by atomic mass is 17.1. The second-order valence-electron chi connectivity index (χ2n) is 3.49. The molecule has 0 saturated carbocycles. The molecular formula is C14H18O2. The van der Waals surface area contributed by atoms with E-state index >= 15 is 0 Å². The molecule has 0 aromatic heterocycles. The van der Waals surface area contributed by atoms with Crippen molar-refractivity contribution in [3.05, 3.63) is 41.0 Å². The Kier molecular flexibility index (Phi) is 4.80. The Balaban J connectivity index is 3.43. The van der Waals surface area contributed by atoms with E-state index in [9.17, 15) is 0 Å². The first-order chi connectivity index (χ1) is 7.78. The summed E-state index contributed by atoms with van der Waals surface area (Å²) < 4.78 is 0. The number of allylic oxidation sites excluding steroid dienone is 2. The lowest BCUT2D eigenvalue weighted by Gasteiger charge is -2.11. The normalized spacial score (nSPS) is 11.5. The predicted octanol–water partition coefficient (Wildman–Crippen LogP) is 4.17. The highest BCUT2D eigenvalue weighted by Gasteiger charge is 2.09. The van der Waals surface area contributed by atoms with Gasteiger partial charge >= 0.3 is 0 Å². The largest absolute Gasteiger partial charge is 0.340 e. The van der Waals surface area contributed by atoms with Crippen LogP contribution in [0.15, 0.2) is 24.3 Å². The van der Waals surface area contributed by atoms with Crippen molar-refractivity contribution >= 4 is 12.2 Å². The molecule has 86 valence electrons. The van der Waals surface area contributed by atoms with E-state index in [1.807, 2.05) is 45.1 Å². The third kappa shape index (κ3) is 2.52. The van der Waals surface area contributed by atoms with Gasteiger partial charge in [0.25, 0.3) is 0 Å². The fourth-order valence-corrected chi connectivity index (χ4v) is 1.80. The molecule has 16 heavy (non-hydrogen) atoms. The summed E-state index contributed by atoms with van der Waals surface area (Å²) in [4.78, 5) is 4.40. The summed E-state index contributed by atoms with van der Waals surface area (Å²) in [5.74, 6) is 0.531. The van der Waals surface area contributed by atoms with Crippen molar-refractivity contribution in [1.82, 2.24) is 0 Å². The van der Waals surface area contributed by atoms with Crippen LogP contribution in [0.3, 0.4) is 0 Å². The first-order valence-corrected chi connectivity index (χ1v) is 5.51. The van der Waals surface area contributed by atoms with Crippen LogP contribution < -0.4 is 4.89 Å². The maximum absolute atomic E-state index is 8.82. The molecule has 0 heterocycles. The molecule has 0 aliphatic rings. The Morgan fingerprint density at radius 1 is 1.19 bits per heavy atom. The van der Waals surface area contributed by atoms with Gasteiger partial charge in [-0.2, -0.15) is 0 Å². The van der Waals surface area contributed by atoms with Gasteiger partial charge in [0.2, 0.25) is 0 Å². The van der Waals surface area contributed by atoms with Crippen LogP contribution in [-0.4, -0.2) is 5.26 Å². The Bertz CT molecular complexity index is 403. The van der Waals surface area contributed by atoms with Crippen molar-refractivity contribution < 1.29 is 10.1 Å².